The van der Waals surface area contributed by atoms with E-state index >= 15 is 0 Å². The van der Waals surface area contributed by atoms with Gasteiger partial charge in [-0.05, 0) is 58.3 Å². The highest BCUT2D eigenvalue weighted by atomic mass is 16.3. The molecular formula is C30H64N2O2. The average Bonchev–Trinajstić information content (AvgIpc) is 2.83. The van der Waals surface area contributed by atoms with E-state index in [1.54, 1.807) is 0 Å². The third-order valence-electron chi connectivity index (χ3n) is 7.39. The highest BCUT2D eigenvalue weighted by Crippen LogP contribution is 2.21. The molecule has 0 fully saturated rings. The average molecular weight is 485 g/mol. The molecule has 4 heteroatoms. The van der Waals surface area contributed by atoms with E-state index in [0.29, 0.717) is 0 Å². The monoisotopic (exact) mass is 484 g/mol. The van der Waals surface area contributed by atoms with E-state index in [0.717, 1.165) is 58.3 Å². The Labute approximate surface area is 214 Å². The fraction of sp³-hybridized carbons (Fsp3) is 1.00. The van der Waals surface area contributed by atoms with E-state index in [1.807, 2.05) is 0 Å². The van der Waals surface area contributed by atoms with Gasteiger partial charge in [-0.2, -0.15) is 0 Å². The zero-order chi connectivity index (χ0) is 25.4. The van der Waals surface area contributed by atoms with Crippen LogP contribution in [0, 0.1) is 0 Å². The van der Waals surface area contributed by atoms with Gasteiger partial charge in [0.2, 0.25) is 0 Å². The second-order valence-electron chi connectivity index (χ2n) is 10.6. The van der Waals surface area contributed by atoms with Crippen molar-refractivity contribution in [2.24, 2.45) is 0 Å². The van der Waals surface area contributed by atoms with Crippen LogP contribution < -0.4 is 0 Å². The highest BCUT2D eigenvalue weighted by Gasteiger charge is 2.34. The van der Waals surface area contributed by atoms with Crippen LogP contribution in [-0.2, 0) is 0 Å². The number of rotatable bonds is 26. The number of unbranched alkanes of at least 4 members (excludes halogenated alkanes) is 11. The number of hydrogen-bond acceptors (Lipinski definition) is 4. The molecule has 0 aliphatic carbocycles. The molecule has 3 atom stereocenters. The van der Waals surface area contributed by atoms with Gasteiger partial charge in [-0.25, -0.2) is 0 Å². The molecule has 0 saturated carbocycles. The van der Waals surface area contributed by atoms with E-state index in [-0.39, 0.29) is 18.7 Å². The molecular weight excluding hydrogens is 420 g/mol. The van der Waals surface area contributed by atoms with Crippen LogP contribution >= 0.6 is 0 Å². The van der Waals surface area contributed by atoms with Gasteiger partial charge in [0, 0.05) is 6.04 Å². The van der Waals surface area contributed by atoms with Crippen molar-refractivity contribution in [1.29, 1.82) is 0 Å². The largest absolute Gasteiger partial charge is 0.395 e. The number of nitrogens with zero attached hydrogens (tertiary/aromatic N) is 2. The summed E-state index contributed by atoms with van der Waals surface area (Å²) < 4.78 is 0. The Kier molecular flexibility index (Phi) is 24.4. The third-order valence-corrected chi connectivity index (χ3v) is 7.39. The molecule has 4 nitrogen and oxygen atoms in total. The standard InChI is InChI=1S/C30H64N2O2/c1-6-11-14-16-18-20-25-32(26-21-19-17-15-12-7-2)29(27-33)30(34)28(22-13-8-3)31(23-9-4)24-10-5/h28-30,33-34H,6-27H2,1-5H3. The molecule has 34 heavy (non-hydrogen) atoms. The first kappa shape index (κ1) is 33.8. The summed E-state index contributed by atoms with van der Waals surface area (Å²) in [6, 6.07) is -0.00189. The molecule has 0 aromatic carbocycles. The second-order valence-corrected chi connectivity index (χ2v) is 10.6. The molecule has 3 unspecified atom stereocenters. The summed E-state index contributed by atoms with van der Waals surface area (Å²) in [5.41, 5.74) is 0. The summed E-state index contributed by atoms with van der Waals surface area (Å²) in [4.78, 5) is 4.97. The highest BCUT2D eigenvalue weighted by molar-refractivity contribution is 4.89. The second kappa shape index (κ2) is 24.5. The summed E-state index contributed by atoms with van der Waals surface area (Å²) >= 11 is 0. The molecule has 0 saturated heterocycles. The Morgan fingerprint density at radius 1 is 0.471 bits per heavy atom. The van der Waals surface area contributed by atoms with Gasteiger partial charge < -0.3 is 10.2 Å². The third kappa shape index (κ3) is 15.8. The summed E-state index contributed by atoms with van der Waals surface area (Å²) in [6.45, 7) is 15.4. The van der Waals surface area contributed by atoms with E-state index in [4.69, 9.17) is 0 Å². The van der Waals surface area contributed by atoms with Crippen molar-refractivity contribution in [1.82, 2.24) is 9.80 Å². The van der Waals surface area contributed by atoms with Gasteiger partial charge in [0.25, 0.3) is 0 Å². The predicted molar refractivity (Wildman–Crippen MR) is 151 cm³/mol. The molecule has 0 aliphatic heterocycles. The van der Waals surface area contributed by atoms with Crippen LogP contribution in [0.4, 0.5) is 0 Å². The lowest BCUT2D eigenvalue weighted by Gasteiger charge is -2.41. The molecule has 0 heterocycles. The van der Waals surface area contributed by atoms with Crippen molar-refractivity contribution in [3.05, 3.63) is 0 Å². The normalized spacial score (nSPS) is 14.7. The number of aliphatic hydroxyl groups excluding tert-OH is 2. The van der Waals surface area contributed by atoms with Gasteiger partial charge in [-0.15, -0.1) is 0 Å². The molecule has 0 rings (SSSR count). The van der Waals surface area contributed by atoms with E-state index < -0.39 is 6.10 Å². The van der Waals surface area contributed by atoms with Crippen molar-refractivity contribution in [3.63, 3.8) is 0 Å². The molecule has 0 spiro atoms. The Morgan fingerprint density at radius 3 is 1.29 bits per heavy atom. The first-order valence-corrected chi connectivity index (χ1v) is 15.4. The topological polar surface area (TPSA) is 46.9 Å². The smallest absolute Gasteiger partial charge is 0.0872 e. The minimum atomic E-state index is -0.491. The Bertz CT molecular complexity index is 385. The maximum Gasteiger partial charge on any atom is 0.0872 e. The molecule has 0 radical (unpaired) electrons. The maximum absolute atomic E-state index is 11.7. The lowest BCUT2D eigenvalue weighted by atomic mass is 9.94. The van der Waals surface area contributed by atoms with Crippen molar-refractivity contribution >= 4 is 0 Å². The van der Waals surface area contributed by atoms with Crippen LogP contribution in [0.2, 0.25) is 0 Å². The number of aliphatic hydroxyl groups is 2. The zero-order valence-corrected chi connectivity index (χ0v) is 24.1. The summed E-state index contributed by atoms with van der Waals surface area (Å²) in [5, 5.41) is 22.2. The molecule has 0 bridgehead atoms. The SMILES string of the molecule is CCCCCCCCN(CCCCCCCC)C(CO)C(O)C(CCCC)N(CCC)CCC. The summed E-state index contributed by atoms with van der Waals surface area (Å²) in [5.74, 6) is 0. The minimum Gasteiger partial charge on any atom is -0.395 e. The van der Waals surface area contributed by atoms with Crippen molar-refractivity contribution in [3.8, 4) is 0 Å². The quantitative estimate of drug-likeness (QED) is 0.125. The molecule has 0 amide bonds. The first-order chi connectivity index (χ1) is 16.6. The van der Waals surface area contributed by atoms with Gasteiger partial charge >= 0.3 is 0 Å². The maximum atomic E-state index is 11.7. The van der Waals surface area contributed by atoms with E-state index in [9.17, 15) is 10.2 Å². The zero-order valence-electron chi connectivity index (χ0n) is 24.1. The van der Waals surface area contributed by atoms with Crippen LogP contribution in [0.3, 0.4) is 0 Å². The van der Waals surface area contributed by atoms with Gasteiger partial charge in [0.05, 0.1) is 18.8 Å². The Hall–Kier alpha value is -0.160. The minimum absolute atomic E-state index is 0.0571. The number of hydrogen-bond donors (Lipinski definition) is 2. The van der Waals surface area contributed by atoms with Crippen molar-refractivity contribution in [2.75, 3.05) is 32.8 Å². The van der Waals surface area contributed by atoms with Gasteiger partial charge in [-0.1, -0.05) is 112 Å². The first-order valence-electron chi connectivity index (χ1n) is 15.4. The Balaban J connectivity index is 5.27. The Morgan fingerprint density at radius 2 is 0.882 bits per heavy atom. The van der Waals surface area contributed by atoms with Gasteiger partial charge in [0.15, 0.2) is 0 Å². The van der Waals surface area contributed by atoms with Crippen LogP contribution in [-0.4, -0.2) is 71.0 Å². The predicted octanol–water partition coefficient (Wildman–Crippen LogP) is 7.41. The summed E-state index contributed by atoms with van der Waals surface area (Å²) in [7, 11) is 0. The lowest BCUT2D eigenvalue weighted by Crippen LogP contribution is -2.56. The van der Waals surface area contributed by atoms with Crippen LogP contribution in [0.5, 0.6) is 0 Å². The fourth-order valence-corrected chi connectivity index (χ4v) is 5.33. The summed E-state index contributed by atoms with van der Waals surface area (Å²) in [6.07, 6.45) is 20.5. The van der Waals surface area contributed by atoms with E-state index in [1.165, 1.54) is 77.0 Å². The van der Waals surface area contributed by atoms with Crippen molar-refractivity contribution < 1.29 is 10.2 Å². The van der Waals surface area contributed by atoms with E-state index in [2.05, 4.69) is 44.4 Å². The van der Waals surface area contributed by atoms with Crippen molar-refractivity contribution in [2.45, 2.75) is 162 Å². The van der Waals surface area contributed by atoms with Crippen LogP contribution in [0.15, 0.2) is 0 Å². The molecule has 0 aromatic rings. The van der Waals surface area contributed by atoms with Gasteiger partial charge in [0.1, 0.15) is 0 Å². The molecule has 206 valence electrons. The van der Waals surface area contributed by atoms with Crippen LogP contribution in [0.25, 0.3) is 0 Å². The fourth-order valence-electron chi connectivity index (χ4n) is 5.33. The van der Waals surface area contributed by atoms with Gasteiger partial charge in [-0.3, -0.25) is 9.80 Å². The molecule has 2 N–H and O–H groups in total. The molecule has 0 aliphatic rings. The molecule has 0 aromatic heterocycles. The lowest BCUT2D eigenvalue weighted by molar-refractivity contribution is -0.0398. The van der Waals surface area contributed by atoms with Crippen LogP contribution in [0.1, 0.15) is 144 Å².